The molecular weight excluding hydrogens is 498 g/mol. The number of carbonyl (C=O) groups excluding carboxylic acids is 4. The van der Waals surface area contributed by atoms with Crippen molar-refractivity contribution in [1.82, 2.24) is 4.57 Å². The van der Waals surface area contributed by atoms with E-state index >= 15 is 0 Å². The Kier molecular flexibility index (Phi) is 8.25. The maximum Gasteiger partial charge on any atom is 0.148 e. The number of fused-ring (bicyclic) bond motifs is 3. The quantitative estimate of drug-likeness (QED) is 0.186. The van der Waals surface area contributed by atoms with Crippen LogP contribution in [0.25, 0.3) is 27.5 Å². The summed E-state index contributed by atoms with van der Waals surface area (Å²) in [6.07, 6.45) is 0.636. The lowest BCUT2D eigenvalue weighted by atomic mass is 9.70. The van der Waals surface area contributed by atoms with Gasteiger partial charge in [0.05, 0.1) is 23.4 Å². The van der Waals surface area contributed by atoms with Gasteiger partial charge in [0.15, 0.2) is 0 Å². The average Bonchev–Trinajstić information content (AvgIpc) is 3.24. The molecular formula is C35H39NO4. The Bertz CT molecular complexity index is 1530. The third kappa shape index (κ3) is 6.14. The van der Waals surface area contributed by atoms with Gasteiger partial charge in [0.2, 0.25) is 0 Å². The maximum absolute atomic E-state index is 13.5. The fraction of sp³-hybridized carbons (Fsp3) is 0.371. The summed E-state index contributed by atoms with van der Waals surface area (Å²) in [6.45, 7) is 10.2. The van der Waals surface area contributed by atoms with Crippen LogP contribution in [-0.4, -0.2) is 27.7 Å². The van der Waals surface area contributed by atoms with E-state index in [1.54, 1.807) is 34.6 Å². The van der Waals surface area contributed by atoms with Gasteiger partial charge < -0.3 is 4.57 Å². The molecule has 208 valence electrons. The number of hydrogen-bond donors (Lipinski definition) is 0. The number of hydrogen-bond acceptors (Lipinski definition) is 4. The molecule has 0 aliphatic heterocycles. The number of nitrogens with zero attached hydrogens (tertiary/aromatic N) is 1. The van der Waals surface area contributed by atoms with Gasteiger partial charge in [0, 0.05) is 33.7 Å². The van der Waals surface area contributed by atoms with E-state index in [0.29, 0.717) is 6.42 Å². The average molecular weight is 538 g/mol. The lowest BCUT2D eigenvalue weighted by Gasteiger charge is -2.30. The highest BCUT2D eigenvalue weighted by molar-refractivity contribution is 6.09. The van der Waals surface area contributed by atoms with Gasteiger partial charge in [0.25, 0.3) is 0 Å². The summed E-state index contributed by atoms with van der Waals surface area (Å²) in [5.74, 6) is -1.66. The van der Waals surface area contributed by atoms with Crippen molar-refractivity contribution >= 4 is 44.9 Å². The smallest absolute Gasteiger partial charge is 0.148 e. The number of para-hydroxylation sites is 2. The molecule has 1 aromatic heterocycles. The molecule has 5 heteroatoms. The number of carbonyl (C=O) groups is 4. The van der Waals surface area contributed by atoms with Crippen molar-refractivity contribution in [2.24, 2.45) is 16.7 Å². The SMILES string of the molecule is CC(=O)CC(=O)C(C)(C)CC(C(=O)CCc1ccc(-n2c3ccccc3c3ccccc32)cc1)C(=O)C(C)(C)C. The van der Waals surface area contributed by atoms with Gasteiger partial charge in [-0.1, -0.05) is 83.1 Å². The summed E-state index contributed by atoms with van der Waals surface area (Å²) < 4.78 is 2.25. The standard InChI is InChI=1S/C35H39NO4/c1-23(37)21-32(39)35(5,6)22-28(33(40)34(2,3)4)31(38)20-17-24-15-18-25(19-16-24)36-29-13-9-7-11-26(29)27-12-8-10-14-30(27)36/h7-16,18-19,28H,17,20-22H2,1-6H3. The maximum atomic E-state index is 13.5. The van der Waals surface area contributed by atoms with Gasteiger partial charge in [-0.15, -0.1) is 0 Å². The van der Waals surface area contributed by atoms with E-state index < -0.39 is 16.7 Å². The second-order valence-electron chi connectivity index (χ2n) is 12.6. The first-order valence-corrected chi connectivity index (χ1v) is 14.0. The van der Waals surface area contributed by atoms with Crippen LogP contribution in [0.5, 0.6) is 0 Å². The van der Waals surface area contributed by atoms with E-state index in [0.717, 1.165) is 22.3 Å². The van der Waals surface area contributed by atoms with Crippen molar-refractivity contribution in [1.29, 1.82) is 0 Å². The topological polar surface area (TPSA) is 73.2 Å². The fourth-order valence-electron chi connectivity index (χ4n) is 5.42. The number of benzene rings is 3. The summed E-state index contributed by atoms with van der Waals surface area (Å²) in [4.78, 5) is 51.1. The zero-order valence-electron chi connectivity index (χ0n) is 24.4. The molecule has 0 saturated heterocycles. The molecule has 1 atom stereocenters. The molecule has 1 heterocycles. The Morgan fingerprint density at radius 2 is 1.27 bits per heavy atom. The van der Waals surface area contributed by atoms with Gasteiger partial charge in [-0.2, -0.15) is 0 Å². The van der Waals surface area contributed by atoms with Crippen LogP contribution in [0.3, 0.4) is 0 Å². The van der Waals surface area contributed by atoms with Crippen LogP contribution in [0.4, 0.5) is 0 Å². The molecule has 3 aromatic carbocycles. The predicted octanol–water partition coefficient (Wildman–Crippen LogP) is 7.48. The number of aryl methyl sites for hydroxylation is 1. The van der Waals surface area contributed by atoms with E-state index in [4.69, 9.17) is 0 Å². The number of ketones is 4. The second kappa shape index (κ2) is 11.3. The van der Waals surface area contributed by atoms with Crippen molar-refractivity contribution in [2.75, 3.05) is 0 Å². The molecule has 40 heavy (non-hydrogen) atoms. The Morgan fingerprint density at radius 1 is 0.750 bits per heavy atom. The fourth-order valence-corrected chi connectivity index (χ4v) is 5.42. The molecule has 0 saturated carbocycles. The van der Waals surface area contributed by atoms with E-state index in [1.807, 2.05) is 24.3 Å². The monoisotopic (exact) mass is 537 g/mol. The van der Waals surface area contributed by atoms with Crippen LogP contribution in [-0.2, 0) is 25.6 Å². The van der Waals surface area contributed by atoms with Crippen LogP contribution < -0.4 is 0 Å². The molecule has 0 radical (unpaired) electrons. The molecule has 5 nitrogen and oxygen atoms in total. The summed E-state index contributed by atoms with van der Waals surface area (Å²) in [5.41, 5.74) is 2.65. The van der Waals surface area contributed by atoms with Crippen LogP contribution in [0, 0.1) is 16.7 Å². The molecule has 0 fully saturated rings. The minimum Gasteiger partial charge on any atom is -0.309 e. The zero-order valence-corrected chi connectivity index (χ0v) is 24.4. The highest BCUT2D eigenvalue weighted by Gasteiger charge is 2.40. The first-order valence-electron chi connectivity index (χ1n) is 14.0. The highest BCUT2D eigenvalue weighted by atomic mass is 16.2. The number of Topliss-reactive ketones (excluding diaryl/α,β-unsaturated/α-hetero) is 4. The molecule has 0 aliphatic rings. The second-order valence-corrected chi connectivity index (χ2v) is 12.6. The van der Waals surface area contributed by atoms with Crippen molar-refractivity contribution < 1.29 is 19.2 Å². The molecule has 0 spiro atoms. The van der Waals surface area contributed by atoms with E-state index in [2.05, 4.69) is 53.1 Å². The van der Waals surface area contributed by atoms with Gasteiger partial charge in [-0.05, 0) is 49.6 Å². The molecule has 0 N–H and O–H groups in total. The number of rotatable bonds is 11. The van der Waals surface area contributed by atoms with E-state index in [1.165, 1.54) is 17.7 Å². The largest absolute Gasteiger partial charge is 0.309 e. The summed E-state index contributed by atoms with van der Waals surface area (Å²) in [6, 6.07) is 24.9. The van der Waals surface area contributed by atoms with Gasteiger partial charge >= 0.3 is 0 Å². The van der Waals surface area contributed by atoms with Crippen LogP contribution in [0.15, 0.2) is 72.8 Å². The molecule has 0 aliphatic carbocycles. The first kappa shape index (κ1) is 29.1. The van der Waals surface area contributed by atoms with E-state index in [9.17, 15) is 19.2 Å². The van der Waals surface area contributed by atoms with Crippen LogP contribution in [0.1, 0.15) is 66.4 Å². The molecule has 1 unspecified atom stereocenters. The van der Waals surface area contributed by atoms with Gasteiger partial charge in [0.1, 0.15) is 23.1 Å². The Morgan fingerprint density at radius 3 is 1.77 bits per heavy atom. The third-order valence-corrected chi connectivity index (χ3v) is 7.76. The van der Waals surface area contributed by atoms with Crippen LogP contribution in [0.2, 0.25) is 0 Å². The first-order chi connectivity index (χ1) is 18.8. The van der Waals surface area contributed by atoms with Crippen LogP contribution >= 0.6 is 0 Å². The summed E-state index contributed by atoms with van der Waals surface area (Å²) in [5, 5.41) is 2.40. The summed E-state index contributed by atoms with van der Waals surface area (Å²) in [7, 11) is 0. The molecule has 0 amide bonds. The Hall–Kier alpha value is -3.86. The third-order valence-electron chi connectivity index (χ3n) is 7.76. The van der Waals surface area contributed by atoms with Gasteiger partial charge in [-0.25, -0.2) is 0 Å². The lowest BCUT2D eigenvalue weighted by Crippen LogP contribution is -2.39. The minimum atomic E-state index is -0.948. The summed E-state index contributed by atoms with van der Waals surface area (Å²) >= 11 is 0. The Labute approximate surface area is 236 Å². The predicted molar refractivity (Wildman–Crippen MR) is 161 cm³/mol. The Balaban J connectivity index is 1.54. The van der Waals surface area contributed by atoms with Crippen molar-refractivity contribution in [3.05, 3.63) is 78.4 Å². The molecule has 4 rings (SSSR count). The molecule has 0 bridgehead atoms. The molecule has 4 aromatic rings. The normalized spacial score (nSPS) is 12.9. The van der Waals surface area contributed by atoms with E-state index in [-0.39, 0.29) is 42.4 Å². The van der Waals surface area contributed by atoms with Crippen molar-refractivity contribution in [3.8, 4) is 5.69 Å². The lowest BCUT2D eigenvalue weighted by molar-refractivity contribution is -0.140. The number of aromatic nitrogens is 1. The zero-order chi connectivity index (χ0) is 29.2. The van der Waals surface area contributed by atoms with Crippen molar-refractivity contribution in [3.63, 3.8) is 0 Å². The van der Waals surface area contributed by atoms with Gasteiger partial charge in [-0.3, -0.25) is 19.2 Å². The van der Waals surface area contributed by atoms with Crippen molar-refractivity contribution in [2.45, 2.75) is 67.2 Å². The highest BCUT2D eigenvalue weighted by Crippen LogP contribution is 2.34. The minimum absolute atomic E-state index is 0.112.